The fourth-order valence-electron chi connectivity index (χ4n) is 3.18. The summed E-state index contributed by atoms with van der Waals surface area (Å²) in [4.78, 5) is 18.9. The second kappa shape index (κ2) is 8.97. The number of hydrogen-bond donors (Lipinski definition) is 1. The van der Waals surface area contributed by atoms with Gasteiger partial charge in [0, 0.05) is 24.3 Å². The first-order valence-electron chi connectivity index (χ1n) is 8.82. The molecule has 0 radical (unpaired) electrons. The number of benzene rings is 1. The minimum Gasteiger partial charge on any atom is -0.356 e. The van der Waals surface area contributed by atoms with E-state index in [4.69, 9.17) is 11.6 Å². The summed E-state index contributed by atoms with van der Waals surface area (Å²) in [7, 11) is 0. The highest BCUT2D eigenvalue weighted by atomic mass is 35.5. The summed E-state index contributed by atoms with van der Waals surface area (Å²) in [5, 5.41) is 3.77. The van der Waals surface area contributed by atoms with Gasteiger partial charge in [-0.05, 0) is 61.7 Å². The highest BCUT2D eigenvalue weighted by Crippen LogP contribution is 2.18. The topological polar surface area (TPSA) is 45.2 Å². The number of piperidine rings is 1. The number of halogens is 1. The van der Waals surface area contributed by atoms with Crippen molar-refractivity contribution in [2.75, 3.05) is 19.6 Å². The van der Waals surface area contributed by atoms with Gasteiger partial charge in [0.05, 0.1) is 12.1 Å². The third kappa shape index (κ3) is 5.83. The van der Waals surface area contributed by atoms with Gasteiger partial charge in [-0.3, -0.25) is 14.7 Å². The molecule has 1 N–H and O–H groups in total. The quantitative estimate of drug-likeness (QED) is 0.862. The predicted octanol–water partition coefficient (Wildman–Crippen LogP) is 3.31. The van der Waals surface area contributed by atoms with Crippen LogP contribution in [0.5, 0.6) is 0 Å². The van der Waals surface area contributed by atoms with Gasteiger partial charge in [-0.25, -0.2) is 0 Å². The van der Waals surface area contributed by atoms with Crippen LogP contribution in [0.4, 0.5) is 0 Å². The molecular formula is C20H24ClN3O. The van der Waals surface area contributed by atoms with E-state index in [1.807, 2.05) is 42.6 Å². The van der Waals surface area contributed by atoms with Crippen molar-refractivity contribution in [3.63, 3.8) is 0 Å². The predicted molar refractivity (Wildman–Crippen MR) is 100 cm³/mol. The Kier molecular flexibility index (Phi) is 6.42. The Bertz CT molecular complexity index is 667. The number of nitrogens with zero attached hydrogens (tertiary/aromatic N) is 2. The summed E-state index contributed by atoms with van der Waals surface area (Å²) in [5.74, 6) is 0.646. The van der Waals surface area contributed by atoms with Crippen LogP contribution in [0.25, 0.3) is 0 Å². The zero-order chi connectivity index (χ0) is 17.5. The lowest BCUT2D eigenvalue weighted by atomic mass is 9.96. The molecule has 0 unspecified atom stereocenters. The van der Waals surface area contributed by atoms with E-state index in [2.05, 4.69) is 21.3 Å². The smallest absolute Gasteiger partial charge is 0.224 e. The molecule has 25 heavy (non-hydrogen) atoms. The monoisotopic (exact) mass is 357 g/mol. The molecular weight excluding hydrogens is 334 g/mol. The van der Waals surface area contributed by atoms with E-state index < -0.39 is 0 Å². The number of aromatic nitrogens is 1. The summed E-state index contributed by atoms with van der Waals surface area (Å²) in [6, 6.07) is 13.5. The van der Waals surface area contributed by atoms with Crippen LogP contribution in [0.15, 0.2) is 48.7 Å². The fourth-order valence-corrected chi connectivity index (χ4v) is 3.30. The summed E-state index contributed by atoms with van der Waals surface area (Å²) >= 11 is 5.87. The Morgan fingerprint density at radius 3 is 2.60 bits per heavy atom. The van der Waals surface area contributed by atoms with Gasteiger partial charge in [0.25, 0.3) is 0 Å². The molecule has 3 rings (SSSR count). The lowest BCUT2D eigenvalue weighted by Gasteiger charge is -2.31. The number of pyridine rings is 1. The minimum atomic E-state index is 0.0817. The average Bonchev–Trinajstić information content (AvgIpc) is 2.64. The molecule has 0 atom stereocenters. The zero-order valence-electron chi connectivity index (χ0n) is 14.3. The second-order valence-corrected chi connectivity index (χ2v) is 7.08. The number of hydrogen-bond acceptors (Lipinski definition) is 3. The maximum atomic E-state index is 12.1. The molecule has 1 fully saturated rings. The van der Waals surface area contributed by atoms with Crippen molar-refractivity contribution >= 4 is 17.5 Å². The van der Waals surface area contributed by atoms with E-state index in [9.17, 15) is 4.79 Å². The molecule has 132 valence electrons. The number of amides is 1. The molecule has 2 aromatic rings. The molecule has 0 saturated carbocycles. The molecule has 1 aliphatic rings. The van der Waals surface area contributed by atoms with Crippen LogP contribution in [0, 0.1) is 5.92 Å². The second-order valence-electron chi connectivity index (χ2n) is 6.65. The van der Waals surface area contributed by atoms with E-state index in [1.165, 1.54) is 0 Å². The number of rotatable bonds is 6. The average molecular weight is 358 g/mol. The summed E-state index contributed by atoms with van der Waals surface area (Å²) < 4.78 is 0. The van der Waals surface area contributed by atoms with Crippen LogP contribution in [-0.2, 0) is 17.8 Å². The maximum absolute atomic E-state index is 12.1. The highest BCUT2D eigenvalue weighted by Gasteiger charge is 2.20. The van der Waals surface area contributed by atoms with Crippen LogP contribution in [0.1, 0.15) is 24.1 Å². The van der Waals surface area contributed by atoms with Crippen LogP contribution < -0.4 is 5.32 Å². The number of carbonyl (C=O) groups is 1. The van der Waals surface area contributed by atoms with Crippen LogP contribution in [0.2, 0.25) is 5.02 Å². The van der Waals surface area contributed by atoms with Crippen molar-refractivity contribution in [1.29, 1.82) is 0 Å². The van der Waals surface area contributed by atoms with Gasteiger partial charge in [-0.15, -0.1) is 0 Å². The van der Waals surface area contributed by atoms with E-state index in [0.717, 1.165) is 50.3 Å². The molecule has 1 aromatic heterocycles. The van der Waals surface area contributed by atoms with E-state index in [1.54, 1.807) is 0 Å². The molecule has 0 aliphatic carbocycles. The summed E-state index contributed by atoms with van der Waals surface area (Å²) in [6.07, 6.45) is 4.50. The standard InChI is InChI=1S/C20H24ClN3O/c21-18-6-4-16(5-7-18)13-20(25)23-14-17-8-11-24(12-9-17)15-19-3-1-2-10-22-19/h1-7,10,17H,8-9,11-15H2,(H,23,25). The van der Waals surface area contributed by atoms with Crippen LogP contribution >= 0.6 is 11.6 Å². The minimum absolute atomic E-state index is 0.0817. The Morgan fingerprint density at radius 1 is 1.16 bits per heavy atom. The van der Waals surface area contributed by atoms with Gasteiger partial charge in [-0.2, -0.15) is 0 Å². The first kappa shape index (κ1) is 17.9. The molecule has 0 bridgehead atoms. The van der Waals surface area contributed by atoms with Crippen LogP contribution in [0.3, 0.4) is 0 Å². The first-order chi connectivity index (χ1) is 12.2. The molecule has 2 heterocycles. The third-order valence-electron chi connectivity index (χ3n) is 4.68. The normalized spacial score (nSPS) is 15.9. The Hall–Kier alpha value is -1.91. The number of nitrogens with one attached hydrogen (secondary N) is 1. The summed E-state index contributed by atoms with van der Waals surface area (Å²) in [5.41, 5.74) is 2.12. The molecule has 0 spiro atoms. The number of carbonyl (C=O) groups excluding carboxylic acids is 1. The first-order valence-corrected chi connectivity index (χ1v) is 9.20. The molecule has 1 saturated heterocycles. The third-order valence-corrected chi connectivity index (χ3v) is 4.94. The largest absolute Gasteiger partial charge is 0.356 e. The van der Waals surface area contributed by atoms with Gasteiger partial charge in [-0.1, -0.05) is 29.8 Å². The highest BCUT2D eigenvalue weighted by molar-refractivity contribution is 6.30. The molecule has 4 nitrogen and oxygen atoms in total. The Labute approximate surface area is 154 Å². The van der Waals surface area contributed by atoms with Gasteiger partial charge in [0.15, 0.2) is 0 Å². The van der Waals surface area contributed by atoms with Crippen molar-refractivity contribution < 1.29 is 4.79 Å². The van der Waals surface area contributed by atoms with E-state index in [-0.39, 0.29) is 5.91 Å². The zero-order valence-corrected chi connectivity index (χ0v) is 15.1. The van der Waals surface area contributed by atoms with Gasteiger partial charge in [0.2, 0.25) is 5.91 Å². The van der Waals surface area contributed by atoms with Crippen molar-refractivity contribution in [3.8, 4) is 0 Å². The Morgan fingerprint density at radius 2 is 1.92 bits per heavy atom. The number of likely N-dealkylation sites (tertiary alicyclic amines) is 1. The van der Waals surface area contributed by atoms with Gasteiger partial charge >= 0.3 is 0 Å². The lowest BCUT2D eigenvalue weighted by molar-refractivity contribution is -0.120. The summed E-state index contributed by atoms with van der Waals surface area (Å²) in [6.45, 7) is 3.81. The van der Waals surface area contributed by atoms with Crippen molar-refractivity contribution in [2.45, 2.75) is 25.8 Å². The van der Waals surface area contributed by atoms with Crippen molar-refractivity contribution in [3.05, 3.63) is 64.9 Å². The van der Waals surface area contributed by atoms with Gasteiger partial charge in [0.1, 0.15) is 0 Å². The SMILES string of the molecule is O=C(Cc1ccc(Cl)cc1)NCC1CCN(Cc2ccccn2)CC1. The van der Waals surface area contributed by atoms with Crippen molar-refractivity contribution in [1.82, 2.24) is 15.2 Å². The van der Waals surface area contributed by atoms with E-state index in [0.29, 0.717) is 17.4 Å². The molecule has 1 aromatic carbocycles. The molecule has 5 heteroatoms. The van der Waals surface area contributed by atoms with Crippen LogP contribution in [-0.4, -0.2) is 35.4 Å². The Balaban J connectivity index is 1.36. The molecule has 1 amide bonds. The van der Waals surface area contributed by atoms with Gasteiger partial charge < -0.3 is 5.32 Å². The fraction of sp³-hybridized carbons (Fsp3) is 0.400. The maximum Gasteiger partial charge on any atom is 0.224 e. The van der Waals surface area contributed by atoms with E-state index >= 15 is 0 Å². The lowest BCUT2D eigenvalue weighted by Crippen LogP contribution is -2.38. The molecule has 1 aliphatic heterocycles. The van der Waals surface area contributed by atoms with Crippen molar-refractivity contribution in [2.24, 2.45) is 5.92 Å².